The molecule has 1 aromatic carbocycles. The van der Waals surface area contributed by atoms with Crippen LogP contribution in [0, 0.1) is 15.9 Å². The van der Waals surface area contributed by atoms with Gasteiger partial charge in [-0.25, -0.2) is 9.59 Å². The predicted octanol–water partition coefficient (Wildman–Crippen LogP) is 3.96. The molecule has 0 aromatic heterocycles. The highest BCUT2D eigenvalue weighted by Crippen LogP contribution is 2.21. The summed E-state index contributed by atoms with van der Waals surface area (Å²) in [5, 5.41) is 15.6. The molecule has 1 aromatic rings. The number of nitrogens with one attached hydrogen (secondary N) is 2. The summed E-state index contributed by atoms with van der Waals surface area (Å²) in [5.74, 6) is -1.45. The molecule has 1 rings (SSSR count). The number of amides is 2. The molecular weight excluding hydrogens is 375 g/mol. The first-order chi connectivity index (χ1) is 12.7. The van der Waals surface area contributed by atoms with E-state index in [2.05, 4.69) is 15.6 Å². The van der Waals surface area contributed by atoms with Crippen LogP contribution in [0.5, 0.6) is 0 Å². The van der Waals surface area contributed by atoms with Gasteiger partial charge < -0.3 is 14.8 Å². The van der Waals surface area contributed by atoms with E-state index in [9.17, 15) is 24.1 Å². The Morgan fingerprint density at radius 1 is 1.11 bits per heavy atom. The third kappa shape index (κ3) is 8.43. The molecule has 0 saturated carbocycles. The van der Waals surface area contributed by atoms with E-state index in [0.717, 1.165) is 12.1 Å². The van der Waals surface area contributed by atoms with Gasteiger partial charge in [0.2, 0.25) is 11.8 Å². The van der Waals surface area contributed by atoms with Gasteiger partial charge >= 0.3 is 17.9 Å². The number of rotatable bonds is 2. The summed E-state index contributed by atoms with van der Waals surface area (Å²) in [7, 11) is 0. The highest BCUT2D eigenvalue weighted by molar-refractivity contribution is 6.06. The maximum Gasteiger partial charge on any atom is 0.437 e. The molecule has 2 N–H and O–H groups in total. The lowest BCUT2D eigenvalue weighted by Crippen LogP contribution is -2.40. The highest BCUT2D eigenvalue weighted by atomic mass is 19.1. The smallest absolute Gasteiger partial charge is 0.437 e. The quantitative estimate of drug-likeness (QED) is 0.333. The molecule has 0 aliphatic heterocycles. The normalized spacial score (nSPS) is 12.2. The lowest BCUT2D eigenvalue weighted by molar-refractivity contribution is -0.387. The summed E-state index contributed by atoms with van der Waals surface area (Å²) in [4.78, 5) is 37.5. The molecule has 0 radical (unpaired) electrons. The van der Waals surface area contributed by atoms with Crippen molar-refractivity contribution in [2.75, 3.05) is 5.32 Å². The second-order valence-electron chi connectivity index (χ2n) is 7.62. The molecule has 0 bridgehead atoms. The van der Waals surface area contributed by atoms with Gasteiger partial charge in [-0.3, -0.25) is 15.4 Å². The Balaban J connectivity index is 3.13. The molecule has 10 nitrogen and oxygen atoms in total. The van der Waals surface area contributed by atoms with Gasteiger partial charge in [-0.15, -0.1) is 4.99 Å². The molecule has 0 saturated heterocycles. The van der Waals surface area contributed by atoms with Crippen molar-refractivity contribution < 1.29 is 28.4 Å². The number of halogens is 1. The van der Waals surface area contributed by atoms with E-state index in [1.807, 2.05) is 0 Å². The van der Waals surface area contributed by atoms with Crippen molar-refractivity contribution in [3.05, 3.63) is 34.1 Å². The SMILES string of the molecule is CC(C)(C)OC(=O)/N=C(/NC(=O)OC(C)(C)C)Nc1ccc(F)c([N+](=O)[O-])c1. The molecule has 0 aliphatic rings. The van der Waals surface area contributed by atoms with Gasteiger partial charge in [0.15, 0.2) is 0 Å². The monoisotopic (exact) mass is 398 g/mol. The molecule has 0 aliphatic carbocycles. The number of anilines is 1. The van der Waals surface area contributed by atoms with Gasteiger partial charge in [-0.2, -0.15) is 4.39 Å². The summed E-state index contributed by atoms with van der Waals surface area (Å²) in [6.07, 6.45) is -1.96. The van der Waals surface area contributed by atoms with Crippen LogP contribution in [0.1, 0.15) is 41.5 Å². The number of aliphatic imine (C=N–C) groups is 1. The van der Waals surface area contributed by atoms with Crippen LogP contribution in [0.3, 0.4) is 0 Å². The Bertz CT molecular complexity index is 796. The second kappa shape index (κ2) is 8.63. The number of ether oxygens (including phenoxy) is 2. The van der Waals surface area contributed by atoms with Crippen LogP contribution in [-0.2, 0) is 9.47 Å². The van der Waals surface area contributed by atoms with Crippen molar-refractivity contribution in [1.82, 2.24) is 5.32 Å². The Labute approximate surface area is 161 Å². The average Bonchev–Trinajstić information content (AvgIpc) is 2.44. The van der Waals surface area contributed by atoms with Crippen molar-refractivity contribution in [2.45, 2.75) is 52.7 Å². The minimum absolute atomic E-state index is 0.00599. The van der Waals surface area contributed by atoms with Gasteiger partial charge in [0.1, 0.15) is 11.2 Å². The lowest BCUT2D eigenvalue weighted by atomic mass is 10.2. The molecule has 0 unspecified atom stereocenters. The molecular formula is C17H23FN4O6. The first-order valence-corrected chi connectivity index (χ1v) is 8.19. The largest absolute Gasteiger partial charge is 0.444 e. The Morgan fingerprint density at radius 3 is 2.18 bits per heavy atom. The summed E-state index contributed by atoms with van der Waals surface area (Å²) < 4.78 is 23.6. The fourth-order valence-corrected chi connectivity index (χ4v) is 1.73. The molecule has 0 heterocycles. The second-order valence-corrected chi connectivity index (χ2v) is 7.62. The Kier molecular flexibility index (Phi) is 7.03. The number of benzene rings is 1. The third-order valence-electron chi connectivity index (χ3n) is 2.62. The van der Waals surface area contributed by atoms with Crippen LogP contribution < -0.4 is 10.6 Å². The summed E-state index contributed by atoms with van der Waals surface area (Å²) in [6.45, 7) is 9.77. The van der Waals surface area contributed by atoms with Gasteiger partial charge in [0.05, 0.1) is 4.92 Å². The van der Waals surface area contributed by atoms with E-state index < -0.39 is 45.8 Å². The zero-order valence-electron chi connectivity index (χ0n) is 16.5. The zero-order valence-corrected chi connectivity index (χ0v) is 16.5. The van der Waals surface area contributed by atoms with Crippen LogP contribution in [-0.4, -0.2) is 34.3 Å². The van der Waals surface area contributed by atoms with Crippen LogP contribution in [0.25, 0.3) is 0 Å². The molecule has 0 fully saturated rings. The van der Waals surface area contributed by atoms with Crippen LogP contribution in [0.15, 0.2) is 23.2 Å². The molecule has 28 heavy (non-hydrogen) atoms. The van der Waals surface area contributed by atoms with E-state index in [4.69, 9.17) is 9.47 Å². The minimum atomic E-state index is -1.04. The Hall–Kier alpha value is -3.24. The molecule has 154 valence electrons. The maximum absolute atomic E-state index is 13.5. The van der Waals surface area contributed by atoms with Gasteiger partial charge in [0.25, 0.3) is 0 Å². The number of guanidine groups is 1. The van der Waals surface area contributed by atoms with Crippen molar-refractivity contribution in [1.29, 1.82) is 0 Å². The fourth-order valence-electron chi connectivity index (χ4n) is 1.73. The van der Waals surface area contributed by atoms with E-state index in [-0.39, 0.29) is 5.69 Å². The molecule has 0 spiro atoms. The topological polar surface area (TPSA) is 132 Å². The summed E-state index contributed by atoms with van der Waals surface area (Å²) >= 11 is 0. The fraction of sp³-hybridized carbons (Fsp3) is 0.471. The number of carbonyl (C=O) groups excluding carboxylic acids is 2. The number of nitro benzene ring substituents is 1. The average molecular weight is 398 g/mol. The van der Waals surface area contributed by atoms with Gasteiger partial charge in [-0.1, -0.05) is 0 Å². The van der Waals surface area contributed by atoms with Crippen molar-refractivity contribution in [3.8, 4) is 0 Å². The number of hydrogen-bond donors (Lipinski definition) is 2. The van der Waals surface area contributed by atoms with Gasteiger partial charge in [-0.05, 0) is 53.7 Å². The van der Waals surface area contributed by atoms with Crippen molar-refractivity contribution in [2.24, 2.45) is 4.99 Å². The van der Waals surface area contributed by atoms with E-state index in [1.165, 1.54) is 6.07 Å². The van der Waals surface area contributed by atoms with E-state index >= 15 is 0 Å². The molecule has 0 atom stereocenters. The minimum Gasteiger partial charge on any atom is -0.444 e. The predicted molar refractivity (Wildman–Crippen MR) is 99.7 cm³/mol. The third-order valence-corrected chi connectivity index (χ3v) is 2.62. The number of carbonyl (C=O) groups is 2. The van der Waals surface area contributed by atoms with Gasteiger partial charge in [0, 0.05) is 11.8 Å². The van der Waals surface area contributed by atoms with Crippen LogP contribution in [0.2, 0.25) is 0 Å². The lowest BCUT2D eigenvalue weighted by Gasteiger charge is -2.21. The maximum atomic E-state index is 13.5. The standard InChI is InChI=1S/C17H23FN4O6/c1-16(2,3)27-14(23)20-13(21-15(24)28-17(4,5)6)19-10-7-8-11(18)12(9-10)22(25)26/h7-9H,1-6H3,(H2,19,20,21,23,24). The van der Waals surface area contributed by atoms with Crippen molar-refractivity contribution in [3.63, 3.8) is 0 Å². The summed E-state index contributed by atoms with van der Waals surface area (Å²) in [6, 6.07) is 2.92. The summed E-state index contributed by atoms with van der Waals surface area (Å²) in [5.41, 5.74) is -2.45. The van der Waals surface area contributed by atoms with Crippen molar-refractivity contribution >= 4 is 29.5 Å². The number of alkyl carbamates (subject to hydrolysis) is 1. The number of nitrogens with zero attached hydrogens (tertiary/aromatic N) is 2. The van der Waals surface area contributed by atoms with Crippen LogP contribution >= 0.6 is 0 Å². The highest BCUT2D eigenvalue weighted by Gasteiger charge is 2.21. The number of nitro groups is 1. The van der Waals surface area contributed by atoms with E-state index in [0.29, 0.717) is 0 Å². The van der Waals surface area contributed by atoms with Crippen LogP contribution in [0.4, 0.5) is 25.4 Å². The first kappa shape index (κ1) is 22.8. The Morgan fingerprint density at radius 2 is 1.68 bits per heavy atom. The molecule has 11 heteroatoms. The van der Waals surface area contributed by atoms with E-state index in [1.54, 1.807) is 41.5 Å². The number of hydrogen-bond acceptors (Lipinski definition) is 6. The first-order valence-electron chi connectivity index (χ1n) is 8.19. The molecule has 2 amide bonds. The zero-order chi connectivity index (χ0) is 21.7.